The van der Waals surface area contributed by atoms with Gasteiger partial charge in [0.15, 0.2) is 11.5 Å². The molecule has 23 heavy (non-hydrogen) atoms. The van der Waals surface area contributed by atoms with Crippen molar-refractivity contribution in [1.29, 1.82) is 0 Å². The van der Waals surface area contributed by atoms with Gasteiger partial charge in [-0.1, -0.05) is 30.3 Å². The second kappa shape index (κ2) is 6.71. The van der Waals surface area contributed by atoms with Crippen molar-refractivity contribution in [1.82, 2.24) is 0 Å². The average Bonchev–Trinajstić information content (AvgIpc) is 3.36. The molecule has 1 unspecified atom stereocenters. The maximum atomic E-state index is 10.9. The number of carboxylic acid groups (broad SMARTS) is 1. The molecule has 0 aromatic heterocycles. The maximum Gasteiger partial charge on any atom is 0.307 e. The third kappa shape index (κ3) is 4.02. The van der Waals surface area contributed by atoms with Crippen LogP contribution in [0.15, 0.2) is 42.5 Å². The van der Waals surface area contributed by atoms with Crippen LogP contribution in [0.4, 0.5) is 0 Å². The molecule has 0 spiro atoms. The van der Waals surface area contributed by atoms with Crippen LogP contribution in [0, 0.1) is 0 Å². The topological polar surface area (TPSA) is 68.3 Å². The Bertz CT molecular complexity index is 706. The molecule has 0 bridgehead atoms. The first-order chi connectivity index (χ1) is 11.2. The van der Waals surface area contributed by atoms with Crippen LogP contribution in [-0.2, 0) is 16.0 Å². The van der Waals surface area contributed by atoms with Gasteiger partial charge in [-0.05, 0) is 28.8 Å². The van der Waals surface area contributed by atoms with Crippen molar-refractivity contribution < 1.29 is 24.1 Å². The quantitative estimate of drug-likeness (QED) is 0.796. The lowest BCUT2D eigenvalue weighted by Gasteiger charge is -2.12. The van der Waals surface area contributed by atoms with Crippen molar-refractivity contribution >= 4 is 5.97 Å². The predicted molar refractivity (Wildman–Crippen MR) is 85.0 cm³/mol. The number of methoxy groups -OCH3 is 1. The lowest BCUT2D eigenvalue weighted by molar-refractivity contribution is -0.136. The van der Waals surface area contributed by atoms with Gasteiger partial charge in [-0.3, -0.25) is 4.79 Å². The van der Waals surface area contributed by atoms with Gasteiger partial charge in [0.05, 0.1) is 20.1 Å². The minimum atomic E-state index is -0.842. The molecule has 1 heterocycles. The first kappa shape index (κ1) is 15.4. The van der Waals surface area contributed by atoms with E-state index < -0.39 is 5.97 Å². The smallest absolute Gasteiger partial charge is 0.307 e. The molecule has 1 saturated heterocycles. The van der Waals surface area contributed by atoms with Crippen molar-refractivity contribution in [2.45, 2.75) is 12.5 Å². The molecule has 0 amide bonds. The van der Waals surface area contributed by atoms with Gasteiger partial charge in [0, 0.05) is 0 Å². The van der Waals surface area contributed by atoms with Crippen LogP contribution in [0.3, 0.4) is 0 Å². The number of hydrogen-bond donors (Lipinski definition) is 1. The van der Waals surface area contributed by atoms with E-state index in [-0.39, 0.29) is 12.5 Å². The predicted octanol–water partition coefficient (Wildman–Crippen LogP) is 2.77. The second-order valence-electron chi connectivity index (χ2n) is 5.40. The molecule has 0 radical (unpaired) electrons. The van der Waals surface area contributed by atoms with Crippen LogP contribution >= 0.6 is 0 Å². The summed E-state index contributed by atoms with van der Waals surface area (Å²) >= 11 is 0. The highest BCUT2D eigenvalue weighted by molar-refractivity contribution is 5.73. The van der Waals surface area contributed by atoms with Crippen molar-refractivity contribution in [2.24, 2.45) is 0 Å². The molecule has 5 heteroatoms. The number of hydrogen-bond acceptors (Lipinski definition) is 4. The third-order valence-corrected chi connectivity index (χ3v) is 3.61. The third-order valence-electron chi connectivity index (χ3n) is 3.61. The number of rotatable bonds is 7. The van der Waals surface area contributed by atoms with Crippen molar-refractivity contribution in [3.8, 4) is 22.6 Å². The normalized spacial score (nSPS) is 16.0. The SMILES string of the molecule is COc1ccc(-c2cccc(CC(=O)O)c2)cc1OCC1CO1. The van der Waals surface area contributed by atoms with Crippen molar-refractivity contribution in [2.75, 3.05) is 20.3 Å². The highest BCUT2D eigenvalue weighted by Crippen LogP contribution is 2.33. The number of benzene rings is 2. The molecule has 2 aromatic carbocycles. The Morgan fingerprint density at radius 1 is 1.22 bits per heavy atom. The lowest BCUT2D eigenvalue weighted by Crippen LogP contribution is -2.05. The standard InChI is InChI=1S/C18H18O5/c1-21-16-6-5-14(9-17(16)23-11-15-10-22-15)13-4-2-3-12(7-13)8-18(19)20/h2-7,9,15H,8,10-11H2,1H3,(H,19,20). The van der Waals surface area contributed by atoms with Gasteiger partial charge in [0.25, 0.3) is 0 Å². The summed E-state index contributed by atoms with van der Waals surface area (Å²) in [6.45, 7) is 1.23. The molecule has 1 atom stereocenters. The highest BCUT2D eigenvalue weighted by Gasteiger charge is 2.23. The monoisotopic (exact) mass is 314 g/mol. The molecule has 1 N–H and O–H groups in total. The Hall–Kier alpha value is -2.53. The summed E-state index contributed by atoms with van der Waals surface area (Å²) in [6.07, 6.45) is 0.175. The summed E-state index contributed by atoms with van der Waals surface area (Å²) < 4.78 is 16.2. The summed E-state index contributed by atoms with van der Waals surface area (Å²) in [5, 5.41) is 8.92. The molecular weight excluding hydrogens is 296 g/mol. The van der Waals surface area contributed by atoms with Crippen LogP contribution < -0.4 is 9.47 Å². The summed E-state index contributed by atoms with van der Waals surface area (Å²) in [5.74, 6) is 0.477. The van der Waals surface area contributed by atoms with Gasteiger partial charge in [-0.25, -0.2) is 0 Å². The molecule has 0 aliphatic carbocycles. The lowest BCUT2D eigenvalue weighted by atomic mass is 10.0. The van der Waals surface area contributed by atoms with E-state index >= 15 is 0 Å². The number of epoxide rings is 1. The summed E-state index contributed by atoms with van der Waals surface area (Å²) in [6, 6.07) is 13.2. The fourth-order valence-electron chi connectivity index (χ4n) is 2.35. The molecule has 3 rings (SSSR count). The Kier molecular flexibility index (Phi) is 4.48. The number of aliphatic carboxylic acids is 1. The Morgan fingerprint density at radius 2 is 2.00 bits per heavy atom. The number of ether oxygens (including phenoxy) is 3. The fourth-order valence-corrected chi connectivity index (χ4v) is 2.35. The zero-order valence-electron chi connectivity index (χ0n) is 12.8. The zero-order chi connectivity index (χ0) is 16.2. The van der Waals surface area contributed by atoms with E-state index in [1.54, 1.807) is 7.11 Å². The van der Waals surface area contributed by atoms with Crippen LogP contribution in [-0.4, -0.2) is 37.5 Å². The summed E-state index contributed by atoms with van der Waals surface area (Å²) in [5.41, 5.74) is 2.66. The Balaban J connectivity index is 1.86. The minimum Gasteiger partial charge on any atom is -0.493 e. The van der Waals surface area contributed by atoms with E-state index in [4.69, 9.17) is 19.3 Å². The summed E-state index contributed by atoms with van der Waals surface area (Å²) in [4.78, 5) is 10.9. The fraction of sp³-hybridized carbons (Fsp3) is 0.278. The Labute approximate surface area is 134 Å². The zero-order valence-corrected chi connectivity index (χ0v) is 12.8. The van der Waals surface area contributed by atoms with Gasteiger partial charge in [0.1, 0.15) is 12.7 Å². The summed E-state index contributed by atoms with van der Waals surface area (Å²) in [7, 11) is 1.60. The molecule has 120 valence electrons. The Morgan fingerprint density at radius 3 is 2.70 bits per heavy atom. The first-order valence-electron chi connectivity index (χ1n) is 7.39. The van der Waals surface area contributed by atoms with E-state index in [1.165, 1.54) is 0 Å². The molecular formula is C18H18O5. The largest absolute Gasteiger partial charge is 0.493 e. The van der Waals surface area contributed by atoms with E-state index in [2.05, 4.69) is 0 Å². The number of carbonyl (C=O) groups is 1. The average molecular weight is 314 g/mol. The number of carboxylic acids is 1. The van der Waals surface area contributed by atoms with Crippen LogP contribution in [0.5, 0.6) is 11.5 Å². The van der Waals surface area contributed by atoms with Crippen molar-refractivity contribution in [3.05, 3.63) is 48.0 Å². The van der Waals surface area contributed by atoms with E-state index in [9.17, 15) is 4.79 Å². The van der Waals surface area contributed by atoms with Gasteiger partial charge in [-0.2, -0.15) is 0 Å². The molecule has 2 aromatic rings. The maximum absolute atomic E-state index is 10.9. The minimum absolute atomic E-state index is 0.00632. The van der Waals surface area contributed by atoms with Gasteiger partial charge < -0.3 is 19.3 Å². The molecule has 1 aliphatic rings. The second-order valence-corrected chi connectivity index (χ2v) is 5.40. The van der Waals surface area contributed by atoms with Gasteiger partial charge >= 0.3 is 5.97 Å². The van der Waals surface area contributed by atoms with Crippen molar-refractivity contribution in [3.63, 3.8) is 0 Å². The van der Waals surface area contributed by atoms with E-state index in [0.717, 1.165) is 23.3 Å². The molecule has 1 fully saturated rings. The molecule has 1 aliphatic heterocycles. The van der Waals surface area contributed by atoms with Gasteiger partial charge in [-0.15, -0.1) is 0 Å². The van der Waals surface area contributed by atoms with E-state index in [1.807, 2.05) is 42.5 Å². The van der Waals surface area contributed by atoms with Crippen LogP contribution in [0.25, 0.3) is 11.1 Å². The van der Waals surface area contributed by atoms with Crippen LogP contribution in [0.1, 0.15) is 5.56 Å². The van der Waals surface area contributed by atoms with Crippen LogP contribution in [0.2, 0.25) is 0 Å². The molecule has 5 nitrogen and oxygen atoms in total. The highest BCUT2D eigenvalue weighted by atomic mass is 16.6. The molecule has 0 saturated carbocycles. The van der Waals surface area contributed by atoms with Gasteiger partial charge in [0.2, 0.25) is 0 Å². The van der Waals surface area contributed by atoms with E-state index in [0.29, 0.717) is 18.1 Å². The first-order valence-corrected chi connectivity index (χ1v) is 7.39.